The molecule has 0 saturated heterocycles. The van der Waals surface area contributed by atoms with Crippen molar-refractivity contribution in [2.45, 2.75) is 111 Å². The van der Waals surface area contributed by atoms with Gasteiger partial charge >= 0.3 is 5.97 Å². The van der Waals surface area contributed by atoms with E-state index in [1.165, 1.54) is 72.9 Å². The first-order valence-electron chi connectivity index (χ1n) is 18.7. The van der Waals surface area contributed by atoms with Crippen LogP contribution in [-0.4, -0.2) is 12.1 Å². The molecule has 4 aliphatic rings. The summed E-state index contributed by atoms with van der Waals surface area (Å²) in [5.41, 5.74) is 3.47. The van der Waals surface area contributed by atoms with Crippen molar-refractivity contribution < 1.29 is 9.53 Å². The molecule has 8 atom stereocenters. The average Bonchev–Trinajstić information content (AvgIpc) is 3.40. The summed E-state index contributed by atoms with van der Waals surface area (Å²) in [6, 6.07) is 19.1. The molecule has 0 amide bonds. The topological polar surface area (TPSA) is 26.3 Å². The van der Waals surface area contributed by atoms with Crippen LogP contribution in [0.25, 0.3) is 27.6 Å². The average molecular weight is 617 g/mol. The number of rotatable bonds is 8. The molecule has 0 radical (unpaired) electrons. The number of ether oxygens (including phenoxy) is 1. The smallest absolute Gasteiger partial charge is 0.331 e. The normalized spacial score (nSPS) is 33.1. The van der Waals surface area contributed by atoms with Crippen LogP contribution in [0, 0.1) is 46.3 Å². The van der Waals surface area contributed by atoms with Crippen LogP contribution in [0.4, 0.5) is 0 Å². The molecule has 0 spiro atoms. The summed E-state index contributed by atoms with van der Waals surface area (Å²) in [5, 5.41) is 4.71. The van der Waals surface area contributed by atoms with Crippen LogP contribution in [0.5, 0.6) is 0 Å². The molecule has 3 saturated carbocycles. The fourth-order valence-electron chi connectivity index (χ4n) is 11.3. The summed E-state index contributed by atoms with van der Waals surface area (Å²) < 4.78 is 6.17. The van der Waals surface area contributed by atoms with Gasteiger partial charge < -0.3 is 4.74 Å². The third-order valence-corrected chi connectivity index (χ3v) is 13.7. The lowest BCUT2D eigenvalue weighted by Gasteiger charge is -2.58. The van der Waals surface area contributed by atoms with Gasteiger partial charge in [0.25, 0.3) is 0 Å². The number of esters is 1. The van der Waals surface area contributed by atoms with Gasteiger partial charge in [0.15, 0.2) is 0 Å². The second-order valence-corrected chi connectivity index (χ2v) is 16.7. The van der Waals surface area contributed by atoms with Crippen molar-refractivity contribution in [2.75, 3.05) is 0 Å². The molecule has 0 heterocycles. The van der Waals surface area contributed by atoms with Crippen molar-refractivity contribution in [3.05, 3.63) is 77.9 Å². The maximum atomic E-state index is 13.2. The van der Waals surface area contributed by atoms with E-state index in [1.54, 1.807) is 11.6 Å². The predicted molar refractivity (Wildman–Crippen MR) is 193 cm³/mol. The molecular formula is C44H56O2. The Balaban J connectivity index is 1.02. The maximum absolute atomic E-state index is 13.2. The van der Waals surface area contributed by atoms with E-state index in [4.69, 9.17) is 4.74 Å². The Morgan fingerprint density at radius 2 is 1.61 bits per heavy atom. The summed E-state index contributed by atoms with van der Waals surface area (Å²) in [7, 11) is 0. The highest BCUT2D eigenvalue weighted by molar-refractivity contribution is 6.08. The lowest BCUT2D eigenvalue weighted by atomic mass is 9.47. The number of benzene rings is 3. The number of carbonyl (C=O) groups is 1. The summed E-state index contributed by atoms with van der Waals surface area (Å²) >= 11 is 0. The van der Waals surface area contributed by atoms with Gasteiger partial charge in [-0.05, 0) is 131 Å². The molecule has 0 aromatic heterocycles. The Bertz CT molecular complexity index is 1590. The molecule has 244 valence electrons. The van der Waals surface area contributed by atoms with Gasteiger partial charge in [0.2, 0.25) is 0 Å². The van der Waals surface area contributed by atoms with Crippen LogP contribution in [0.15, 0.2) is 72.3 Å². The monoisotopic (exact) mass is 616 g/mol. The van der Waals surface area contributed by atoms with Crippen LogP contribution in [0.2, 0.25) is 0 Å². The van der Waals surface area contributed by atoms with E-state index in [1.807, 2.05) is 6.08 Å². The van der Waals surface area contributed by atoms with Crippen LogP contribution < -0.4 is 0 Å². The molecule has 4 aliphatic carbocycles. The van der Waals surface area contributed by atoms with E-state index < -0.39 is 0 Å². The van der Waals surface area contributed by atoms with Crippen molar-refractivity contribution in [3.63, 3.8) is 0 Å². The molecule has 0 aliphatic heterocycles. The lowest BCUT2D eigenvalue weighted by molar-refractivity contribution is -0.145. The second kappa shape index (κ2) is 12.6. The van der Waals surface area contributed by atoms with E-state index in [0.29, 0.717) is 5.41 Å². The van der Waals surface area contributed by atoms with Crippen LogP contribution in [0.1, 0.15) is 111 Å². The minimum absolute atomic E-state index is 0.0197. The largest absolute Gasteiger partial charge is 0.459 e. The molecule has 3 aromatic carbocycles. The fourth-order valence-corrected chi connectivity index (χ4v) is 11.3. The van der Waals surface area contributed by atoms with Gasteiger partial charge in [-0.15, -0.1) is 0 Å². The summed E-state index contributed by atoms with van der Waals surface area (Å²) in [5.74, 6) is 4.86. The SMILES string of the molecule is CC(C)CCC[C@H](C)[C@@H]1CC[C@@H]2[C@H]3CC=C4C[C@@H](OC(=O)/C=C\c5c6ccccc6cc6ccccc56)CC[C@]4(C)[C@@H]3CC[C@@]21C. The molecule has 7 rings (SSSR count). The van der Waals surface area contributed by atoms with Gasteiger partial charge in [0, 0.05) is 12.5 Å². The number of fused-ring (bicyclic) bond motifs is 7. The Morgan fingerprint density at radius 3 is 2.33 bits per heavy atom. The second-order valence-electron chi connectivity index (χ2n) is 16.7. The standard InChI is InChI=1S/C44H56O2/c1-29(2)11-10-12-30(3)39-20-21-40-38-18-17-33-28-34(23-25-43(33,4)41(38)24-26-44(39,40)5)46-42(45)22-19-37-35-15-8-6-13-31(35)27-32-14-7-9-16-36(32)37/h6-9,13-17,19,22,27,29-30,34,38-41H,10-12,18,20-21,23-26,28H2,1-5H3/b22-19-/t30-,34-,38+,39-,40+,41+,43-,44+/m0/s1. The lowest BCUT2D eigenvalue weighted by Crippen LogP contribution is -2.51. The van der Waals surface area contributed by atoms with Crippen LogP contribution >= 0.6 is 0 Å². The Hall–Kier alpha value is -2.87. The van der Waals surface area contributed by atoms with E-state index in [-0.39, 0.29) is 17.5 Å². The predicted octanol–water partition coefficient (Wildman–Crippen LogP) is 12.0. The zero-order valence-electron chi connectivity index (χ0n) is 29.1. The van der Waals surface area contributed by atoms with Crippen molar-refractivity contribution in [1.82, 2.24) is 0 Å². The molecular weight excluding hydrogens is 560 g/mol. The Morgan fingerprint density at radius 1 is 0.891 bits per heavy atom. The van der Waals surface area contributed by atoms with Gasteiger partial charge in [-0.1, -0.05) is 114 Å². The molecule has 0 N–H and O–H groups in total. The quantitative estimate of drug-likeness (QED) is 0.109. The molecule has 2 heteroatoms. The van der Waals surface area contributed by atoms with Gasteiger partial charge in [-0.2, -0.15) is 0 Å². The van der Waals surface area contributed by atoms with E-state index >= 15 is 0 Å². The van der Waals surface area contributed by atoms with Gasteiger partial charge in [0.1, 0.15) is 6.10 Å². The van der Waals surface area contributed by atoms with E-state index in [0.717, 1.165) is 60.3 Å². The third kappa shape index (κ3) is 5.67. The first-order valence-corrected chi connectivity index (χ1v) is 18.7. The molecule has 3 fully saturated rings. The van der Waals surface area contributed by atoms with Crippen molar-refractivity contribution in [3.8, 4) is 0 Å². The van der Waals surface area contributed by atoms with Crippen LogP contribution in [0.3, 0.4) is 0 Å². The zero-order chi connectivity index (χ0) is 32.1. The highest BCUT2D eigenvalue weighted by Gasteiger charge is 2.59. The number of allylic oxidation sites excluding steroid dienone is 1. The zero-order valence-corrected chi connectivity index (χ0v) is 29.1. The summed E-state index contributed by atoms with van der Waals surface area (Å²) in [6.45, 7) is 12.6. The van der Waals surface area contributed by atoms with Crippen molar-refractivity contribution >= 4 is 33.6 Å². The van der Waals surface area contributed by atoms with Crippen LogP contribution in [-0.2, 0) is 9.53 Å². The van der Waals surface area contributed by atoms with E-state index in [9.17, 15) is 4.79 Å². The third-order valence-electron chi connectivity index (χ3n) is 13.7. The highest BCUT2D eigenvalue weighted by atomic mass is 16.5. The van der Waals surface area contributed by atoms with E-state index in [2.05, 4.69) is 95.3 Å². The summed E-state index contributed by atoms with van der Waals surface area (Å²) in [6.07, 6.45) is 20.4. The molecule has 0 bridgehead atoms. The fraction of sp³-hybridized carbons (Fsp3) is 0.568. The first kappa shape index (κ1) is 31.7. The van der Waals surface area contributed by atoms with Crippen molar-refractivity contribution in [1.29, 1.82) is 0 Å². The highest BCUT2D eigenvalue weighted by Crippen LogP contribution is 2.67. The van der Waals surface area contributed by atoms with Gasteiger partial charge in [-0.25, -0.2) is 4.79 Å². The van der Waals surface area contributed by atoms with Gasteiger partial charge in [0.05, 0.1) is 0 Å². The Labute approximate surface area is 278 Å². The van der Waals surface area contributed by atoms with Crippen molar-refractivity contribution in [2.24, 2.45) is 46.3 Å². The minimum Gasteiger partial charge on any atom is -0.459 e. The molecule has 3 aromatic rings. The minimum atomic E-state index is -0.215. The molecule has 0 unspecified atom stereocenters. The maximum Gasteiger partial charge on any atom is 0.331 e. The number of hydrogen-bond donors (Lipinski definition) is 0. The molecule has 2 nitrogen and oxygen atoms in total. The Kier molecular flexibility index (Phi) is 8.71. The first-order chi connectivity index (χ1) is 22.2. The number of carbonyl (C=O) groups excluding carboxylic acids is 1. The summed E-state index contributed by atoms with van der Waals surface area (Å²) in [4.78, 5) is 13.2. The van der Waals surface area contributed by atoms with Gasteiger partial charge in [-0.3, -0.25) is 0 Å². The number of hydrogen-bond acceptors (Lipinski definition) is 2. The molecule has 46 heavy (non-hydrogen) atoms.